The van der Waals surface area contributed by atoms with Crippen molar-refractivity contribution in [3.63, 3.8) is 0 Å². The van der Waals surface area contributed by atoms with E-state index in [1.54, 1.807) is 0 Å². The Kier molecular flexibility index (Phi) is 3.49. The molecule has 0 radical (unpaired) electrons. The van der Waals surface area contributed by atoms with Gasteiger partial charge in [-0.3, -0.25) is 9.55 Å². The molecule has 0 saturated carbocycles. The second-order valence-electron chi connectivity index (χ2n) is 4.60. The fourth-order valence-corrected chi connectivity index (χ4v) is 2.11. The summed E-state index contributed by atoms with van der Waals surface area (Å²) in [5, 5.41) is 19.7. The minimum absolute atomic E-state index is 0.833. The predicted molar refractivity (Wildman–Crippen MR) is 66.5 cm³/mol. The Bertz CT molecular complexity index is 660. The first-order chi connectivity index (χ1) is 9.31. The third-order valence-electron chi connectivity index (χ3n) is 3.22. The molecule has 1 aromatic heterocycles. The number of H-pyrrole nitrogens is 1. The maximum Gasteiger partial charge on any atom is 0.350 e. The lowest BCUT2D eigenvalue weighted by Gasteiger charge is -2.27. The summed E-state index contributed by atoms with van der Waals surface area (Å²) < 4.78 is 6.25. The SMILES string of the molecule is C#CC1(N)[C@@H](O)[C@@H]([C@H](C)O)O[C@H]1n1cnc(=O)[nH]c1=O. The van der Waals surface area contributed by atoms with Crippen molar-refractivity contribution < 1.29 is 14.9 Å². The first-order valence-corrected chi connectivity index (χ1v) is 5.77. The smallest absolute Gasteiger partial charge is 0.350 e. The molecule has 0 bridgehead atoms. The third-order valence-corrected chi connectivity index (χ3v) is 3.22. The Morgan fingerprint density at radius 3 is 2.85 bits per heavy atom. The minimum atomic E-state index is -1.74. The quantitative estimate of drug-likeness (QED) is 0.421. The monoisotopic (exact) mass is 282 g/mol. The van der Waals surface area contributed by atoms with Gasteiger partial charge in [0, 0.05) is 0 Å². The van der Waals surface area contributed by atoms with Crippen LogP contribution in [0.4, 0.5) is 0 Å². The van der Waals surface area contributed by atoms with Gasteiger partial charge in [0.15, 0.2) is 11.8 Å². The summed E-state index contributed by atoms with van der Waals surface area (Å²) in [5.41, 5.74) is 2.50. The molecular weight excluding hydrogens is 268 g/mol. The molecular formula is C11H14N4O5. The first-order valence-electron chi connectivity index (χ1n) is 5.77. The van der Waals surface area contributed by atoms with E-state index in [2.05, 4.69) is 10.9 Å². The van der Waals surface area contributed by atoms with Crippen LogP contribution in [0.3, 0.4) is 0 Å². The van der Waals surface area contributed by atoms with Crippen LogP contribution >= 0.6 is 0 Å². The Morgan fingerprint density at radius 2 is 2.35 bits per heavy atom. The Balaban J connectivity index is 2.53. The zero-order valence-corrected chi connectivity index (χ0v) is 10.6. The van der Waals surface area contributed by atoms with Crippen molar-refractivity contribution in [3.05, 3.63) is 27.3 Å². The van der Waals surface area contributed by atoms with E-state index in [0.29, 0.717) is 0 Å². The number of nitrogens with two attached hydrogens (primary N) is 1. The van der Waals surface area contributed by atoms with Crippen molar-refractivity contribution in [2.45, 2.75) is 37.0 Å². The molecule has 0 aromatic carbocycles. The molecule has 0 spiro atoms. The van der Waals surface area contributed by atoms with Gasteiger partial charge in [-0.15, -0.1) is 6.42 Å². The normalized spacial score (nSPS) is 34.6. The summed E-state index contributed by atoms with van der Waals surface area (Å²) in [5.74, 6) is 2.18. The highest BCUT2D eigenvalue weighted by Gasteiger charge is 2.55. The lowest BCUT2D eigenvalue weighted by Crippen LogP contribution is -2.55. The summed E-state index contributed by atoms with van der Waals surface area (Å²) in [7, 11) is 0. The van der Waals surface area contributed by atoms with E-state index < -0.39 is 41.5 Å². The van der Waals surface area contributed by atoms with Crippen molar-refractivity contribution >= 4 is 0 Å². The third kappa shape index (κ3) is 2.04. The highest BCUT2D eigenvalue weighted by molar-refractivity contribution is 5.22. The van der Waals surface area contributed by atoms with E-state index in [1.165, 1.54) is 6.92 Å². The van der Waals surface area contributed by atoms with Crippen molar-refractivity contribution in [2.24, 2.45) is 5.73 Å². The fourth-order valence-electron chi connectivity index (χ4n) is 2.11. The molecule has 1 aliphatic rings. The van der Waals surface area contributed by atoms with Gasteiger partial charge in [-0.1, -0.05) is 5.92 Å². The molecule has 9 nitrogen and oxygen atoms in total. The summed E-state index contributed by atoms with van der Waals surface area (Å²) in [6.07, 6.45) is 1.46. The Labute approximate surface area is 113 Å². The lowest BCUT2D eigenvalue weighted by atomic mass is 9.90. The molecule has 20 heavy (non-hydrogen) atoms. The number of hydrogen-bond donors (Lipinski definition) is 4. The largest absolute Gasteiger partial charge is 0.391 e. The molecule has 1 fully saturated rings. The van der Waals surface area contributed by atoms with E-state index >= 15 is 0 Å². The number of aliphatic hydroxyl groups is 2. The lowest BCUT2D eigenvalue weighted by molar-refractivity contribution is -0.0782. The maximum absolute atomic E-state index is 11.7. The molecule has 0 aliphatic carbocycles. The van der Waals surface area contributed by atoms with E-state index in [1.807, 2.05) is 4.98 Å². The van der Waals surface area contributed by atoms with Gasteiger partial charge in [-0.2, -0.15) is 4.98 Å². The zero-order valence-electron chi connectivity index (χ0n) is 10.6. The zero-order chi connectivity index (χ0) is 15.1. The van der Waals surface area contributed by atoms with Crippen LogP contribution < -0.4 is 17.1 Å². The summed E-state index contributed by atoms with van der Waals surface area (Å²) in [4.78, 5) is 28.0. The predicted octanol–water partition coefficient (Wildman–Crippen LogP) is -3.10. The number of aromatic nitrogens is 3. The summed E-state index contributed by atoms with van der Waals surface area (Å²) >= 11 is 0. The van der Waals surface area contributed by atoms with Crippen LogP contribution in [0.5, 0.6) is 0 Å². The van der Waals surface area contributed by atoms with Crippen LogP contribution in [0.15, 0.2) is 15.9 Å². The molecule has 0 amide bonds. The molecule has 108 valence electrons. The first kappa shape index (κ1) is 14.4. The number of ether oxygens (including phenoxy) is 1. The van der Waals surface area contributed by atoms with Gasteiger partial charge in [0.1, 0.15) is 18.5 Å². The second kappa shape index (κ2) is 4.84. The molecule has 1 aliphatic heterocycles. The average molecular weight is 282 g/mol. The van der Waals surface area contributed by atoms with Crippen LogP contribution in [0.1, 0.15) is 13.2 Å². The van der Waals surface area contributed by atoms with Gasteiger partial charge >= 0.3 is 11.4 Å². The second-order valence-corrected chi connectivity index (χ2v) is 4.60. The molecule has 1 aromatic rings. The topological polar surface area (TPSA) is 143 Å². The van der Waals surface area contributed by atoms with E-state index in [9.17, 15) is 19.8 Å². The molecule has 5 atom stereocenters. The average Bonchev–Trinajstić information content (AvgIpc) is 2.64. The number of nitrogens with zero attached hydrogens (tertiary/aromatic N) is 2. The molecule has 5 N–H and O–H groups in total. The molecule has 2 heterocycles. The van der Waals surface area contributed by atoms with Crippen LogP contribution in [-0.4, -0.2) is 48.6 Å². The maximum atomic E-state index is 11.7. The molecule has 2 rings (SSSR count). The Hall–Kier alpha value is -1.99. The molecule has 1 saturated heterocycles. The Morgan fingerprint density at radius 1 is 1.70 bits per heavy atom. The van der Waals surface area contributed by atoms with Gasteiger partial charge in [-0.05, 0) is 6.92 Å². The van der Waals surface area contributed by atoms with Gasteiger partial charge in [0.2, 0.25) is 0 Å². The highest BCUT2D eigenvalue weighted by atomic mass is 16.5. The summed E-state index contributed by atoms with van der Waals surface area (Å²) in [6.45, 7) is 1.39. The van der Waals surface area contributed by atoms with Gasteiger partial charge in [-0.25, -0.2) is 9.59 Å². The molecule has 1 unspecified atom stereocenters. The van der Waals surface area contributed by atoms with E-state index in [-0.39, 0.29) is 0 Å². The van der Waals surface area contributed by atoms with E-state index in [0.717, 1.165) is 10.9 Å². The van der Waals surface area contributed by atoms with Crippen LogP contribution in [0.2, 0.25) is 0 Å². The fraction of sp³-hybridized carbons (Fsp3) is 0.545. The number of nitrogens with one attached hydrogen (secondary N) is 1. The van der Waals surface area contributed by atoms with E-state index in [4.69, 9.17) is 16.9 Å². The number of aromatic amines is 1. The van der Waals surface area contributed by atoms with Gasteiger partial charge in [0.25, 0.3) is 0 Å². The van der Waals surface area contributed by atoms with Crippen LogP contribution in [0, 0.1) is 12.3 Å². The minimum Gasteiger partial charge on any atom is -0.391 e. The van der Waals surface area contributed by atoms with Crippen molar-refractivity contribution in [1.82, 2.24) is 14.5 Å². The van der Waals surface area contributed by atoms with Crippen LogP contribution in [0.25, 0.3) is 0 Å². The highest BCUT2D eigenvalue weighted by Crippen LogP contribution is 2.36. The summed E-state index contributed by atoms with van der Waals surface area (Å²) in [6, 6.07) is 0. The molecule has 9 heteroatoms. The van der Waals surface area contributed by atoms with Crippen molar-refractivity contribution in [1.29, 1.82) is 0 Å². The van der Waals surface area contributed by atoms with Crippen molar-refractivity contribution in [3.8, 4) is 12.3 Å². The van der Waals surface area contributed by atoms with Crippen molar-refractivity contribution in [2.75, 3.05) is 0 Å². The standard InChI is InChI=1S/C11H14N4O5/c1-3-11(12)7(17)6(5(2)16)20-8(11)15-4-13-9(18)14-10(15)19/h1,4-8,16-17H,12H2,2H3,(H,14,18,19)/t5-,6+,7-,8+,11?/m0/s1. The number of hydrogen-bond acceptors (Lipinski definition) is 7. The number of aliphatic hydroxyl groups excluding tert-OH is 2. The van der Waals surface area contributed by atoms with Crippen LogP contribution in [-0.2, 0) is 4.74 Å². The van der Waals surface area contributed by atoms with Gasteiger partial charge in [0.05, 0.1) is 6.10 Å². The van der Waals surface area contributed by atoms with Gasteiger partial charge < -0.3 is 20.7 Å². The number of rotatable bonds is 2. The number of terminal acetylenes is 1.